The summed E-state index contributed by atoms with van der Waals surface area (Å²) >= 11 is 1.61. The van der Waals surface area contributed by atoms with Crippen molar-refractivity contribution in [1.82, 2.24) is 9.80 Å². The van der Waals surface area contributed by atoms with E-state index < -0.39 is 5.92 Å². The molecule has 0 unspecified atom stereocenters. The van der Waals surface area contributed by atoms with Gasteiger partial charge in [0.15, 0.2) is 0 Å². The molecule has 5 rings (SSSR count). The summed E-state index contributed by atoms with van der Waals surface area (Å²) in [6.45, 7) is 7.24. The fourth-order valence-electron chi connectivity index (χ4n) is 5.18. The summed E-state index contributed by atoms with van der Waals surface area (Å²) in [7, 11) is 1.82. The Morgan fingerprint density at radius 3 is 2.45 bits per heavy atom. The van der Waals surface area contributed by atoms with Gasteiger partial charge in [-0.05, 0) is 54.1 Å². The zero-order valence-electron chi connectivity index (χ0n) is 19.3. The molecule has 3 heterocycles. The Hall–Kier alpha value is -3.12. The minimum absolute atomic E-state index is 0.0206. The van der Waals surface area contributed by atoms with Gasteiger partial charge in [0, 0.05) is 49.4 Å². The number of nitrogens with zero attached hydrogens (tertiary/aromatic N) is 3. The molecule has 0 aliphatic carbocycles. The standard InChI is InChI=1S/C27H29N3O2S/c1-18-10-11-19(2)22(17-18)29-12-14-30(15-13-29)27(32)24-20-7-4-5-8-21(20)26(31)28(3)25(24)23-9-6-16-33-23/h4-11,16-17,24-25H,12-15H2,1-3H3/t24-,25-/m0/s1. The van der Waals surface area contributed by atoms with Crippen LogP contribution in [0, 0.1) is 13.8 Å². The van der Waals surface area contributed by atoms with Crippen LogP contribution in [0.25, 0.3) is 0 Å². The van der Waals surface area contributed by atoms with Crippen LogP contribution in [0.3, 0.4) is 0 Å². The van der Waals surface area contributed by atoms with E-state index in [4.69, 9.17) is 0 Å². The number of hydrogen-bond acceptors (Lipinski definition) is 4. The second-order valence-electron chi connectivity index (χ2n) is 9.04. The molecular weight excluding hydrogens is 430 g/mol. The van der Waals surface area contributed by atoms with Crippen LogP contribution in [0.15, 0.2) is 60.0 Å². The van der Waals surface area contributed by atoms with Gasteiger partial charge in [-0.2, -0.15) is 0 Å². The van der Waals surface area contributed by atoms with Crippen molar-refractivity contribution in [3.8, 4) is 0 Å². The maximum Gasteiger partial charge on any atom is 0.254 e. The van der Waals surface area contributed by atoms with Gasteiger partial charge in [0.2, 0.25) is 5.91 Å². The summed E-state index contributed by atoms with van der Waals surface area (Å²) in [5.41, 5.74) is 5.26. The van der Waals surface area contributed by atoms with Gasteiger partial charge in [-0.3, -0.25) is 9.59 Å². The lowest BCUT2D eigenvalue weighted by Crippen LogP contribution is -2.53. The van der Waals surface area contributed by atoms with E-state index in [1.165, 1.54) is 16.8 Å². The van der Waals surface area contributed by atoms with Gasteiger partial charge in [-0.25, -0.2) is 0 Å². The third-order valence-corrected chi connectivity index (χ3v) is 7.92. The third-order valence-electron chi connectivity index (χ3n) is 6.98. The molecule has 0 N–H and O–H groups in total. The lowest BCUT2D eigenvalue weighted by atomic mass is 9.81. The Balaban J connectivity index is 1.43. The predicted molar refractivity (Wildman–Crippen MR) is 133 cm³/mol. The van der Waals surface area contributed by atoms with E-state index in [1.54, 1.807) is 16.2 Å². The molecule has 2 aliphatic heterocycles. The number of hydrogen-bond donors (Lipinski definition) is 0. The molecule has 33 heavy (non-hydrogen) atoms. The lowest BCUT2D eigenvalue weighted by Gasteiger charge is -2.43. The normalized spacial score (nSPS) is 20.7. The van der Waals surface area contributed by atoms with Crippen molar-refractivity contribution in [2.24, 2.45) is 0 Å². The molecule has 0 radical (unpaired) electrons. The number of thiophene rings is 1. The molecule has 2 amide bonds. The molecule has 2 atom stereocenters. The van der Waals surface area contributed by atoms with Crippen LogP contribution in [0.2, 0.25) is 0 Å². The van der Waals surface area contributed by atoms with Gasteiger partial charge < -0.3 is 14.7 Å². The monoisotopic (exact) mass is 459 g/mol. The van der Waals surface area contributed by atoms with E-state index in [2.05, 4.69) is 36.9 Å². The minimum atomic E-state index is -0.394. The quantitative estimate of drug-likeness (QED) is 0.574. The smallest absolute Gasteiger partial charge is 0.254 e. The first kappa shape index (κ1) is 21.7. The van der Waals surface area contributed by atoms with Gasteiger partial charge in [0.05, 0.1) is 12.0 Å². The van der Waals surface area contributed by atoms with Gasteiger partial charge in [-0.15, -0.1) is 11.3 Å². The lowest BCUT2D eigenvalue weighted by molar-refractivity contribution is -0.134. The summed E-state index contributed by atoms with van der Waals surface area (Å²) in [4.78, 5) is 34.3. The van der Waals surface area contributed by atoms with Crippen molar-refractivity contribution in [3.05, 3.63) is 87.1 Å². The molecule has 170 valence electrons. The number of piperazine rings is 1. The number of likely N-dealkylation sites (N-methyl/N-ethyl adjacent to an activating group) is 1. The molecule has 2 aliphatic rings. The summed E-state index contributed by atoms with van der Waals surface area (Å²) in [6, 6.07) is 17.9. The third kappa shape index (κ3) is 3.82. The van der Waals surface area contributed by atoms with E-state index in [0.29, 0.717) is 18.7 Å². The molecule has 1 fully saturated rings. The Morgan fingerprint density at radius 2 is 1.73 bits per heavy atom. The number of anilines is 1. The minimum Gasteiger partial charge on any atom is -0.368 e. The van der Waals surface area contributed by atoms with E-state index in [0.717, 1.165) is 23.5 Å². The Labute approximate surface area is 199 Å². The zero-order valence-corrected chi connectivity index (χ0v) is 20.1. The van der Waals surface area contributed by atoms with E-state index in [-0.39, 0.29) is 17.9 Å². The van der Waals surface area contributed by atoms with Crippen molar-refractivity contribution >= 4 is 28.8 Å². The average molecular weight is 460 g/mol. The van der Waals surface area contributed by atoms with E-state index >= 15 is 0 Å². The molecule has 3 aromatic rings. The second kappa shape index (κ2) is 8.67. The van der Waals surface area contributed by atoms with Crippen LogP contribution in [-0.2, 0) is 4.79 Å². The van der Waals surface area contributed by atoms with Crippen LogP contribution >= 0.6 is 11.3 Å². The van der Waals surface area contributed by atoms with Crippen LogP contribution in [0.1, 0.15) is 43.9 Å². The highest BCUT2D eigenvalue weighted by atomic mass is 32.1. The highest BCUT2D eigenvalue weighted by Crippen LogP contribution is 2.44. The Kier molecular flexibility index (Phi) is 5.71. The fraction of sp³-hybridized carbons (Fsp3) is 0.333. The highest BCUT2D eigenvalue weighted by molar-refractivity contribution is 7.10. The SMILES string of the molecule is Cc1ccc(C)c(N2CCN(C(=O)[C@H]3c4ccccc4C(=O)N(C)[C@H]3c3cccs3)CC2)c1. The van der Waals surface area contributed by atoms with Crippen LogP contribution < -0.4 is 4.90 Å². The Morgan fingerprint density at radius 1 is 0.970 bits per heavy atom. The van der Waals surface area contributed by atoms with Gasteiger partial charge in [0.1, 0.15) is 0 Å². The van der Waals surface area contributed by atoms with Crippen LogP contribution in [0.4, 0.5) is 5.69 Å². The first-order valence-electron chi connectivity index (χ1n) is 11.5. The molecular formula is C27H29N3O2S. The summed E-state index contributed by atoms with van der Waals surface area (Å²) < 4.78 is 0. The summed E-state index contributed by atoms with van der Waals surface area (Å²) in [6.07, 6.45) is 0. The van der Waals surface area contributed by atoms with Gasteiger partial charge in [0.25, 0.3) is 5.91 Å². The maximum absolute atomic E-state index is 14.0. The highest BCUT2D eigenvalue weighted by Gasteiger charge is 2.44. The maximum atomic E-state index is 14.0. The number of carbonyl (C=O) groups is 2. The summed E-state index contributed by atoms with van der Waals surface area (Å²) in [5, 5.41) is 2.01. The molecule has 1 saturated heterocycles. The molecule has 2 aromatic carbocycles. The molecule has 1 aromatic heterocycles. The molecule has 5 nitrogen and oxygen atoms in total. The van der Waals surface area contributed by atoms with Gasteiger partial charge >= 0.3 is 0 Å². The topological polar surface area (TPSA) is 43.9 Å². The van der Waals surface area contributed by atoms with Crippen molar-refractivity contribution in [1.29, 1.82) is 0 Å². The molecule has 6 heteroatoms. The number of aryl methyl sites for hydroxylation is 2. The first-order valence-corrected chi connectivity index (χ1v) is 12.3. The number of carbonyl (C=O) groups excluding carboxylic acids is 2. The molecule has 0 spiro atoms. The number of fused-ring (bicyclic) bond motifs is 1. The van der Waals surface area contributed by atoms with Crippen molar-refractivity contribution < 1.29 is 9.59 Å². The first-order chi connectivity index (χ1) is 16.0. The number of rotatable bonds is 3. The summed E-state index contributed by atoms with van der Waals surface area (Å²) in [5.74, 6) is -0.302. The average Bonchev–Trinajstić information content (AvgIpc) is 3.37. The van der Waals surface area contributed by atoms with Crippen LogP contribution in [0.5, 0.6) is 0 Å². The van der Waals surface area contributed by atoms with Gasteiger partial charge in [-0.1, -0.05) is 36.4 Å². The Bertz CT molecular complexity index is 1180. The van der Waals surface area contributed by atoms with Crippen LogP contribution in [-0.4, -0.2) is 54.8 Å². The van der Waals surface area contributed by atoms with Crippen molar-refractivity contribution in [2.75, 3.05) is 38.1 Å². The fourth-order valence-corrected chi connectivity index (χ4v) is 6.09. The number of benzene rings is 2. The number of amides is 2. The van der Waals surface area contributed by atoms with E-state index in [9.17, 15) is 9.59 Å². The van der Waals surface area contributed by atoms with Crippen molar-refractivity contribution in [2.45, 2.75) is 25.8 Å². The molecule has 0 bridgehead atoms. The second-order valence-corrected chi connectivity index (χ2v) is 10.0. The largest absolute Gasteiger partial charge is 0.368 e. The zero-order chi connectivity index (χ0) is 23.1. The predicted octanol–water partition coefficient (Wildman–Crippen LogP) is 4.62. The van der Waals surface area contributed by atoms with Crippen molar-refractivity contribution in [3.63, 3.8) is 0 Å². The van der Waals surface area contributed by atoms with E-state index in [1.807, 2.05) is 53.7 Å². The molecule has 0 saturated carbocycles.